The molecule has 1 aromatic rings. The van der Waals surface area contributed by atoms with Crippen LogP contribution < -0.4 is 5.32 Å². The molecule has 1 aliphatic heterocycles. The van der Waals surface area contributed by atoms with Crippen molar-refractivity contribution in [1.82, 2.24) is 10.2 Å². The van der Waals surface area contributed by atoms with E-state index < -0.39 is 0 Å². The molecule has 3 aliphatic rings. The van der Waals surface area contributed by atoms with Gasteiger partial charge < -0.3 is 10.4 Å². The lowest BCUT2D eigenvalue weighted by Crippen LogP contribution is -2.67. The second kappa shape index (κ2) is 6.92. The van der Waals surface area contributed by atoms with E-state index in [4.69, 9.17) is 0 Å². The molecule has 1 aromatic carbocycles. The molecular formula is C20H30N2O. The summed E-state index contributed by atoms with van der Waals surface area (Å²) < 4.78 is 0. The number of aliphatic hydroxyl groups excluding tert-OH is 1. The standard InChI is InChI=1S/C20H30N2O/c23-14-19-20(17-7-2-1-3-8-17)18(22(19)13-16-9-10-16)12-21-11-15-5-4-6-15/h1-3,7-8,15-16,18-21,23H,4-6,9-14H2/t18-,19-,20-/m1/s1. The zero-order chi connectivity index (χ0) is 15.6. The first kappa shape index (κ1) is 15.6. The van der Waals surface area contributed by atoms with Crippen LogP contribution in [0.15, 0.2) is 30.3 Å². The van der Waals surface area contributed by atoms with E-state index in [0.717, 1.165) is 18.4 Å². The molecule has 0 amide bonds. The minimum Gasteiger partial charge on any atom is -0.395 e. The lowest BCUT2D eigenvalue weighted by Gasteiger charge is -2.55. The highest BCUT2D eigenvalue weighted by Gasteiger charge is 2.49. The quantitative estimate of drug-likeness (QED) is 0.774. The predicted molar refractivity (Wildman–Crippen MR) is 93.5 cm³/mol. The van der Waals surface area contributed by atoms with E-state index in [1.807, 2.05) is 0 Å². The number of rotatable bonds is 8. The third kappa shape index (κ3) is 3.33. The van der Waals surface area contributed by atoms with Gasteiger partial charge in [-0.2, -0.15) is 0 Å². The van der Waals surface area contributed by atoms with Gasteiger partial charge in [0.1, 0.15) is 0 Å². The van der Waals surface area contributed by atoms with Crippen LogP contribution in [0.4, 0.5) is 0 Å². The first-order valence-electron chi connectivity index (χ1n) is 9.49. The summed E-state index contributed by atoms with van der Waals surface area (Å²) in [6.07, 6.45) is 7.00. The highest BCUT2D eigenvalue weighted by Crippen LogP contribution is 2.43. The third-order valence-corrected chi connectivity index (χ3v) is 6.23. The molecule has 23 heavy (non-hydrogen) atoms. The molecule has 0 unspecified atom stereocenters. The maximum atomic E-state index is 9.94. The Bertz CT molecular complexity index is 498. The average molecular weight is 314 g/mol. The fourth-order valence-electron chi connectivity index (χ4n) is 4.40. The van der Waals surface area contributed by atoms with Crippen LogP contribution >= 0.6 is 0 Å². The third-order valence-electron chi connectivity index (χ3n) is 6.23. The van der Waals surface area contributed by atoms with Crippen LogP contribution in [-0.4, -0.2) is 48.3 Å². The number of aliphatic hydroxyl groups is 1. The molecule has 3 fully saturated rings. The van der Waals surface area contributed by atoms with E-state index in [1.54, 1.807) is 0 Å². The molecule has 2 N–H and O–H groups in total. The number of nitrogens with zero attached hydrogens (tertiary/aromatic N) is 1. The van der Waals surface area contributed by atoms with Crippen molar-refractivity contribution < 1.29 is 5.11 Å². The molecule has 126 valence electrons. The van der Waals surface area contributed by atoms with Crippen LogP contribution in [0, 0.1) is 11.8 Å². The fraction of sp³-hybridized carbons (Fsp3) is 0.700. The topological polar surface area (TPSA) is 35.5 Å². The van der Waals surface area contributed by atoms with Gasteiger partial charge >= 0.3 is 0 Å². The van der Waals surface area contributed by atoms with E-state index in [9.17, 15) is 5.11 Å². The Labute approximate surface area is 140 Å². The highest BCUT2D eigenvalue weighted by atomic mass is 16.3. The lowest BCUT2D eigenvalue weighted by atomic mass is 9.74. The second-order valence-corrected chi connectivity index (χ2v) is 7.85. The van der Waals surface area contributed by atoms with Crippen molar-refractivity contribution in [2.24, 2.45) is 11.8 Å². The molecule has 1 heterocycles. The Morgan fingerprint density at radius 2 is 1.74 bits per heavy atom. The minimum atomic E-state index is 0.283. The van der Waals surface area contributed by atoms with Gasteiger partial charge in [0, 0.05) is 31.1 Å². The zero-order valence-corrected chi connectivity index (χ0v) is 14.0. The largest absolute Gasteiger partial charge is 0.395 e. The summed E-state index contributed by atoms with van der Waals surface area (Å²) in [7, 11) is 0. The number of nitrogens with one attached hydrogen (secondary N) is 1. The van der Waals surface area contributed by atoms with Crippen LogP contribution in [0.1, 0.15) is 43.6 Å². The van der Waals surface area contributed by atoms with E-state index in [0.29, 0.717) is 18.0 Å². The van der Waals surface area contributed by atoms with Gasteiger partial charge in [-0.1, -0.05) is 36.8 Å². The van der Waals surface area contributed by atoms with Crippen LogP contribution in [0.5, 0.6) is 0 Å². The summed E-state index contributed by atoms with van der Waals surface area (Å²) in [6, 6.07) is 11.7. The number of hydrogen-bond donors (Lipinski definition) is 2. The van der Waals surface area contributed by atoms with Crippen LogP contribution in [0.2, 0.25) is 0 Å². The van der Waals surface area contributed by atoms with Crippen molar-refractivity contribution in [3.63, 3.8) is 0 Å². The van der Waals surface area contributed by atoms with E-state index in [2.05, 4.69) is 40.5 Å². The minimum absolute atomic E-state index is 0.283. The highest BCUT2D eigenvalue weighted by molar-refractivity contribution is 5.28. The van der Waals surface area contributed by atoms with Crippen molar-refractivity contribution in [2.45, 2.75) is 50.1 Å². The van der Waals surface area contributed by atoms with Crippen molar-refractivity contribution in [1.29, 1.82) is 0 Å². The average Bonchev–Trinajstić information content (AvgIpc) is 3.34. The SMILES string of the molecule is OC[C@@H]1[C@H](c2ccccc2)[C@@H](CNCC2CCC2)N1CC1CC1. The molecule has 2 aliphatic carbocycles. The van der Waals surface area contributed by atoms with Gasteiger partial charge in [-0.15, -0.1) is 0 Å². The Balaban J connectivity index is 1.42. The molecule has 3 nitrogen and oxygen atoms in total. The summed E-state index contributed by atoms with van der Waals surface area (Å²) in [5, 5.41) is 13.7. The monoisotopic (exact) mass is 314 g/mol. The molecule has 3 heteroatoms. The molecule has 0 aromatic heterocycles. The molecule has 0 radical (unpaired) electrons. The van der Waals surface area contributed by atoms with Crippen molar-refractivity contribution in [3.05, 3.63) is 35.9 Å². The maximum Gasteiger partial charge on any atom is 0.0593 e. The van der Waals surface area contributed by atoms with Crippen LogP contribution in [0.25, 0.3) is 0 Å². The molecular weight excluding hydrogens is 284 g/mol. The van der Waals surface area contributed by atoms with Gasteiger partial charge in [-0.05, 0) is 49.6 Å². The van der Waals surface area contributed by atoms with Crippen LogP contribution in [-0.2, 0) is 0 Å². The summed E-state index contributed by atoms with van der Waals surface area (Å²) in [5.74, 6) is 2.28. The van der Waals surface area contributed by atoms with Crippen molar-refractivity contribution in [2.75, 3.05) is 26.2 Å². The second-order valence-electron chi connectivity index (χ2n) is 7.85. The molecule has 4 rings (SSSR count). The van der Waals surface area contributed by atoms with Gasteiger partial charge in [-0.25, -0.2) is 0 Å². The van der Waals surface area contributed by atoms with E-state index in [1.165, 1.54) is 50.8 Å². The van der Waals surface area contributed by atoms with Gasteiger partial charge in [-0.3, -0.25) is 4.90 Å². The Morgan fingerprint density at radius 1 is 0.957 bits per heavy atom. The maximum absolute atomic E-state index is 9.94. The summed E-state index contributed by atoms with van der Waals surface area (Å²) in [5.41, 5.74) is 1.40. The Kier molecular flexibility index (Phi) is 4.70. The molecule has 0 bridgehead atoms. The lowest BCUT2D eigenvalue weighted by molar-refractivity contribution is -0.0457. The number of benzene rings is 1. The molecule has 1 saturated heterocycles. The molecule has 3 atom stereocenters. The summed E-state index contributed by atoms with van der Waals surface area (Å²) >= 11 is 0. The zero-order valence-electron chi connectivity index (χ0n) is 14.0. The first-order chi connectivity index (χ1) is 11.4. The summed E-state index contributed by atoms with van der Waals surface area (Å²) in [6.45, 7) is 3.72. The van der Waals surface area contributed by atoms with Gasteiger partial charge in [0.05, 0.1) is 6.61 Å². The molecule has 0 spiro atoms. The first-order valence-corrected chi connectivity index (χ1v) is 9.49. The fourth-order valence-corrected chi connectivity index (χ4v) is 4.40. The van der Waals surface area contributed by atoms with Gasteiger partial charge in [0.15, 0.2) is 0 Å². The Hall–Kier alpha value is -0.900. The normalized spacial score (nSPS) is 31.6. The van der Waals surface area contributed by atoms with Gasteiger partial charge in [0.25, 0.3) is 0 Å². The number of likely N-dealkylation sites (tertiary alicyclic amines) is 1. The van der Waals surface area contributed by atoms with E-state index in [-0.39, 0.29) is 6.61 Å². The van der Waals surface area contributed by atoms with Crippen molar-refractivity contribution >= 4 is 0 Å². The summed E-state index contributed by atoms with van der Waals surface area (Å²) in [4.78, 5) is 2.59. The van der Waals surface area contributed by atoms with Crippen molar-refractivity contribution in [3.8, 4) is 0 Å². The Morgan fingerprint density at radius 3 is 2.35 bits per heavy atom. The number of hydrogen-bond acceptors (Lipinski definition) is 3. The van der Waals surface area contributed by atoms with E-state index >= 15 is 0 Å². The van der Waals surface area contributed by atoms with Crippen LogP contribution in [0.3, 0.4) is 0 Å². The predicted octanol–water partition coefficient (Wildman–Crippen LogP) is 2.62. The molecule has 2 saturated carbocycles. The smallest absolute Gasteiger partial charge is 0.0593 e. The van der Waals surface area contributed by atoms with Gasteiger partial charge in [0.2, 0.25) is 0 Å².